The van der Waals surface area contributed by atoms with Crippen LogP contribution in [0.1, 0.15) is 17.3 Å². The Morgan fingerprint density at radius 2 is 2.00 bits per heavy atom. The first kappa shape index (κ1) is 13.0. The van der Waals surface area contributed by atoms with Crippen LogP contribution in [0.3, 0.4) is 0 Å². The first-order valence-corrected chi connectivity index (χ1v) is 6.18. The predicted molar refractivity (Wildman–Crippen MR) is 66.9 cm³/mol. The highest BCUT2D eigenvalue weighted by atomic mass is 127. The number of carbonyl (C=O) groups excluding carboxylic acids is 2. The Kier molecular flexibility index (Phi) is 5.24. The second-order valence-corrected chi connectivity index (χ2v) is 3.99. The number of esters is 2. The molecule has 1 aromatic rings. The molecular weight excluding hydrogens is 323 g/mol. The molecule has 0 saturated heterocycles. The van der Waals surface area contributed by atoms with E-state index in [1.54, 1.807) is 24.3 Å². The van der Waals surface area contributed by atoms with E-state index in [0.29, 0.717) is 6.61 Å². The van der Waals surface area contributed by atoms with E-state index in [0.717, 1.165) is 4.43 Å². The third-order valence-electron chi connectivity index (χ3n) is 1.67. The zero-order chi connectivity index (χ0) is 12.0. The molecule has 0 aliphatic heterocycles. The van der Waals surface area contributed by atoms with E-state index in [-0.39, 0.29) is 11.3 Å². The van der Waals surface area contributed by atoms with E-state index in [1.165, 1.54) is 6.92 Å². The van der Waals surface area contributed by atoms with Crippen LogP contribution in [0, 0.1) is 0 Å². The summed E-state index contributed by atoms with van der Waals surface area (Å²) >= 11 is 2.11. The number of halogens is 1. The van der Waals surface area contributed by atoms with Crippen LogP contribution in [0.25, 0.3) is 0 Å². The average Bonchev–Trinajstić information content (AvgIpc) is 2.26. The van der Waals surface area contributed by atoms with E-state index in [2.05, 4.69) is 22.6 Å². The Balaban J connectivity index is 2.85. The molecule has 0 saturated carbocycles. The van der Waals surface area contributed by atoms with E-state index in [4.69, 9.17) is 9.47 Å². The van der Waals surface area contributed by atoms with E-state index < -0.39 is 11.9 Å². The second-order valence-electron chi connectivity index (χ2n) is 2.91. The van der Waals surface area contributed by atoms with Gasteiger partial charge in [0.25, 0.3) is 0 Å². The van der Waals surface area contributed by atoms with Crippen molar-refractivity contribution in [3.8, 4) is 5.75 Å². The third-order valence-corrected chi connectivity index (χ3v) is 2.11. The van der Waals surface area contributed by atoms with Crippen molar-refractivity contribution in [2.45, 2.75) is 6.92 Å². The fourth-order valence-corrected chi connectivity index (χ4v) is 1.31. The molecule has 0 fully saturated rings. The van der Waals surface area contributed by atoms with Crippen molar-refractivity contribution in [1.82, 2.24) is 0 Å². The Labute approximate surface area is 107 Å². The predicted octanol–water partition coefficient (Wildman–Crippen LogP) is 2.20. The molecule has 0 atom stereocenters. The van der Waals surface area contributed by atoms with Crippen molar-refractivity contribution in [2.75, 3.05) is 11.0 Å². The molecule has 0 aliphatic carbocycles. The summed E-state index contributed by atoms with van der Waals surface area (Å²) in [5, 5.41) is 0. The average molecular weight is 334 g/mol. The Morgan fingerprint density at radius 1 is 1.31 bits per heavy atom. The highest BCUT2D eigenvalue weighted by Gasteiger charge is 2.14. The Bertz CT molecular complexity index is 389. The fraction of sp³-hybridized carbons (Fsp3) is 0.273. The van der Waals surface area contributed by atoms with Crippen molar-refractivity contribution in [2.24, 2.45) is 0 Å². The van der Waals surface area contributed by atoms with Gasteiger partial charge in [-0.25, -0.2) is 4.79 Å². The number of rotatable bonds is 4. The van der Waals surface area contributed by atoms with Crippen molar-refractivity contribution < 1.29 is 19.1 Å². The van der Waals surface area contributed by atoms with Gasteiger partial charge in [0.2, 0.25) is 0 Å². The van der Waals surface area contributed by atoms with Crippen LogP contribution in [0.5, 0.6) is 5.75 Å². The van der Waals surface area contributed by atoms with Crippen LogP contribution < -0.4 is 4.74 Å². The summed E-state index contributed by atoms with van der Waals surface area (Å²) in [4.78, 5) is 22.4. The van der Waals surface area contributed by atoms with Crippen LogP contribution in [0.15, 0.2) is 24.3 Å². The van der Waals surface area contributed by atoms with Gasteiger partial charge in [0.05, 0.1) is 0 Å². The van der Waals surface area contributed by atoms with Gasteiger partial charge in [-0.2, -0.15) is 0 Å². The maximum Gasteiger partial charge on any atom is 0.341 e. The summed E-state index contributed by atoms with van der Waals surface area (Å²) in [6.07, 6.45) is 0. The molecule has 16 heavy (non-hydrogen) atoms. The smallest absolute Gasteiger partial charge is 0.341 e. The number of para-hydroxylation sites is 1. The molecule has 0 aromatic heterocycles. The fourth-order valence-electron chi connectivity index (χ4n) is 1.09. The zero-order valence-electron chi connectivity index (χ0n) is 8.73. The second kappa shape index (κ2) is 6.47. The lowest BCUT2D eigenvalue weighted by atomic mass is 10.2. The number of hydrogen-bond acceptors (Lipinski definition) is 4. The van der Waals surface area contributed by atoms with Gasteiger partial charge in [0.15, 0.2) is 0 Å². The maximum absolute atomic E-state index is 11.6. The normalized spacial score (nSPS) is 9.62. The number of ether oxygens (including phenoxy) is 2. The number of hydrogen-bond donors (Lipinski definition) is 0. The Hall–Kier alpha value is -1.11. The topological polar surface area (TPSA) is 52.6 Å². The lowest BCUT2D eigenvalue weighted by Crippen LogP contribution is -2.11. The summed E-state index contributed by atoms with van der Waals surface area (Å²) in [7, 11) is 0. The van der Waals surface area contributed by atoms with Crippen LogP contribution in [-0.2, 0) is 9.53 Å². The lowest BCUT2D eigenvalue weighted by Gasteiger charge is -2.07. The van der Waals surface area contributed by atoms with Crippen molar-refractivity contribution in [3.63, 3.8) is 0 Å². The first-order chi connectivity index (χ1) is 7.65. The molecule has 0 spiro atoms. The van der Waals surface area contributed by atoms with Crippen molar-refractivity contribution in [3.05, 3.63) is 29.8 Å². The standard InChI is InChI=1S/C11H11IO4/c1-8(13)16-10-5-3-2-4-9(10)11(14)15-7-6-12/h2-5H,6-7H2,1H3. The highest BCUT2D eigenvalue weighted by Crippen LogP contribution is 2.19. The third kappa shape index (κ3) is 3.80. The molecular formula is C11H11IO4. The molecule has 0 heterocycles. The summed E-state index contributed by atoms with van der Waals surface area (Å²) in [6.45, 7) is 1.63. The minimum atomic E-state index is -0.478. The molecule has 1 rings (SSSR count). The summed E-state index contributed by atoms with van der Waals surface area (Å²) in [6, 6.07) is 6.50. The van der Waals surface area contributed by atoms with Gasteiger partial charge in [0, 0.05) is 11.4 Å². The molecule has 86 valence electrons. The van der Waals surface area contributed by atoms with Crippen LogP contribution >= 0.6 is 22.6 Å². The molecule has 5 heteroatoms. The molecule has 0 bridgehead atoms. The van der Waals surface area contributed by atoms with Gasteiger partial charge in [-0.1, -0.05) is 34.7 Å². The zero-order valence-corrected chi connectivity index (χ0v) is 10.9. The highest BCUT2D eigenvalue weighted by molar-refractivity contribution is 14.1. The van der Waals surface area contributed by atoms with E-state index in [9.17, 15) is 9.59 Å². The van der Waals surface area contributed by atoms with E-state index >= 15 is 0 Å². The van der Waals surface area contributed by atoms with Crippen LogP contribution in [0.2, 0.25) is 0 Å². The molecule has 0 N–H and O–H groups in total. The van der Waals surface area contributed by atoms with E-state index in [1.807, 2.05) is 0 Å². The minimum absolute atomic E-state index is 0.230. The van der Waals surface area contributed by atoms with Gasteiger partial charge in [-0.15, -0.1) is 0 Å². The summed E-state index contributed by atoms with van der Waals surface area (Å²) < 4.78 is 10.6. The molecule has 4 nitrogen and oxygen atoms in total. The van der Waals surface area contributed by atoms with Crippen LogP contribution in [-0.4, -0.2) is 23.0 Å². The molecule has 0 radical (unpaired) electrons. The van der Waals surface area contributed by atoms with Gasteiger partial charge < -0.3 is 9.47 Å². The monoisotopic (exact) mass is 334 g/mol. The lowest BCUT2D eigenvalue weighted by molar-refractivity contribution is -0.131. The largest absolute Gasteiger partial charge is 0.461 e. The van der Waals surface area contributed by atoms with Gasteiger partial charge in [0.1, 0.15) is 17.9 Å². The Morgan fingerprint density at radius 3 is 2.62 bits per heavy atom. The first-order valence-electron chi connectivity index (χ1n) is 4.65. The van der Waals surface area contributed by atoms with Gasteiger partial charge >= 0.3 is 11.9 Å². The maximum atomic E-state index is 11.6. The quantitative estimate of drug-likeness (QED) is 0.367. The number of carbonyl (C=O) groups is 2. The molecule has 1 aromatic carbocycles. The summed E-state index contributed by atoms with van der Waals surface area (Å²) in [5.41, 5.74) is 0.266. The number of benzene rings is 1. The van der Waals surface area contributed by atoms with Crippen LogP contribution in [0.4, 0.5) is 0 Å². The SMILES string of the molecule is CC(=O)Oc1ccccc1C(=O)OCCI. The molecule has 0 amide bonds. The van der Waals surface area contributed by atoms with Gasteiger partial charge in [-0.05, 0) is 12.1 Å². The minimum Gasteiger partial charge on any atom is -0.461 e. The van der Waals surface area contributed by atoms with Crippen molar-refractivity contribution >= 4 is 34.5 Å². The summed E-state index contributed by atoms with van der Waals surface area (Å²) in [5.74, 6) is -0.712. The van der Waals surface area contributed by atoms with Gasteiger partial charge in [-0.3, -0.25) is 4.79 Å². The molecule has 0 unspecified atom stereocenters. The molecule has 0 aliphatic rings. The van der Waals surface area contributed by atoms with Crippen molar-refractivity contribution in [1.29, 1.82) is 0 Å². The number of alkyl halides is 1.